The number of aliphatic hydroxyl groups is 1. The molecule has 112 valence electrons. The number of nitrogens with zero attached hydrogens (tertiary/aromatic N) is 1. The Morgan fingerprint density at radius 2 is 1.86 bits per heavy atom. The number of nitrogens with two attached hydrogens (primary N) is 1. The van der Waals surface area contributed by atoms with Crippen molar-refractivity contribution in [2.24, 2.45) is 0 Å². The smallest absolute Gasteiger partial charge is 0.123 e. The summed E-state index contributed by atoms with van der Waals surface area (Å²) in [5.74, 6) is -0.236. The van der Waals surface area contributed by atoms with Crippen LogP contribution in [-0.4, -0.2) is 24.1 Å². The van der Waals surface area contributed by atoms with Crippen LogP contribution in [0.3, 0.4) is 0 Å². The molecule has 2 aromatic carbocycles. The molecule has 0 unspecified atom stereocenters. The summed E-state index contributed by atoms with van der Waals surface area (Å²) in [6.07, 6.45) is 0. The summed E-state index contributed by atoms with van der Waals surface area (Å²) in [4.78, 5) is 3.88. The summed E-state index contributed by atoms with van der Waals surface area (Å²) in [7, 11) is 3.90. The second kappa shape index (κ2) is 6.93. The van der Waals surface area contributed by atoms with Gasteiger partial charge >= 0.3 is 0 Å². The molecule has 0 aliphatic rings. The molecule has 0 radical (unpaired) electrons. The molecule has 0 aliphatic heterocycles. The largest absolute Gasteiger partial charge is 0.398 e. The molecule has 0 fully saturated rings. The highest BCUT2D eigenvalue weighted by Crippen LogP contribution is 2.35. The third-order valence-corrected chi connectivity index (χ3v) is 4.20. The van der Waals surface area contributed by atoms with Crippen LogP contribution in [0, 0.1) is 5.82 Å². The molecule has 3 nitrogen and oxygen atoms in total. The molecule has 3 N–H and O–H groups in total. The standard InChI is InChI=1S/C16H19FN2OS/c1-19(2)9-12-8-13(17)4-6-15(12)21-16-5-3-11(10-20)7-14(16)18/h3-8,20H,9-10,18H2,1-2H3. The van der Waals surface area contributed by atoms with E-state index in [-0.39, 0.29) is 12.4 Å². The molecular weight excluding hydrogens is 287 g/mol. The highest BCUT2D eigenvalue weighted by Gasteiger charge is 2.09. The van der Waals surface area contributed by atoms with Gasteiger partial charge in [0.1, 0.15) is 5.82 Å². The maximum Gasteiger partial charge on any atom is 0.123 e. The molecule has 0 spiro atoms. The fourth-order valence-electron chi connectivity index (χ4n) is 2.02. The van der Waals surface area contributed by atoms with E-state index in [2.05, 4.69) is 0 Å². The van der Waals surface area contributed by atoms with Gasteiger partial charge in [0.25, 0.3) is 0 Å². The Morgan fingerprint density at radius 3 is 2.48 bits per heavy atom. The Hall–Kier alpha value is -1.56. The second-order valence-corrected chi connectivity index (χ2v) is 6.21. The molecule has 0 aromatic heterocycles. The normalized spacial score (nSPS) is 11.1. The molecule has 0 saturated heterocycles. The van der Waals surface area contributed by atoms with Crippen molar-refractivity contribution in [3.63, 3.8) is 0 Å². The van der Waals surface area contributed by atoms with Gasteiger partial charge in [0.2, 0.25) is 0 Å². The zero-order valence-corrected chi connectivity index (χ0v) is 13.0. The number of rotatable bonds is 5. The van der Waals surface area contributed by atoms with Gasteiger partial charge in [0.15, 0.2) is 0 Å². The minimum atomic E-state index is -0.236. The van der Waals surface area contributed by atoms with Crippen molar-refractivity contribution in [1.29, 1.82) is 0 Å². The van der Waals surface area contributed by atoms with E-state index in [1.54, 1.807) is 18.2 Å². The second-order valence-electron chi connectivity index (χ2n) is 5.12. The topological polar surface area (TPSA) is 49.5 Å². The number of aliphatic hydroxyl groups excluding tert-OH is 1. The number of benzene rings is 2. The Balaban J connectivity index is 2.30. The summed E-state index contributed by atoms with van der Waals surface area (Å²) in [5, 5.41) is 9.11. The summed E-state index contributed by atoms with van der Waals surface area (Å²) in [5.41, 5.74) is 8.34. The Morgan fingerprint density at radius 1 is 1.14 bits per heavy atom. The van der Waals surface area contributed by atoms with E-state index in [0.29, 0.717) is 12.2 Å². The number of halogens is 1. The molecule has 0 saturated carbocycles. The first-order chi connectivity index (χ1) is 9.99. The van der Waals surface area contributed by atoms with Crippen LogP contribution in [-0.2, 0) is 13.2 Å². The quantitative estimate of drug-likeness (QED) is 0.833. The molecule has 0 aliphatic carbocycles. The van der Waals surface area contributed by atoms with Crippen LogP contribution in [0.2, 0.25) is 0 Å². The molecule has 5 heteroatoms. The van der Waals surface area contributed by atoms with Crippen molar-refractivity contribution in [2.75, 3.05) is 19.8 Å². The molecular formula is C16H19FN2OS. The molecule has 2 aromatic rings. The first-order valence-electron chi connectivity index (χ1n) is 6.60. The summed E-state index contributed by atoms with van der Waals surface area (Å²) in [6.45, 7) is 0.631. The first-order valence-corrected chi connectivity index (χ1v) is 7.41. The van der Waals surface area contributed by atoms with Gasteiger partial charge in [-0.25, -0.2) is 4.39 Å². The molecule has 0 heterocycles. The van der Waals surface area contributed by atoms with Crippen LogP contribution in [0.1, 0.15) is 11.1 Å². The van der Waals surface area contributed by atoms with Crippen molar-refractivity contribution in [2.45, 2.75) is 22.9 Å². The van der Waals surface area contributed by atoms with Crippen LogP contribution in [0.15, 0.2) is 46.2 Å². The lowest BCUT2D eigenvalue weighted by Crippen LogP contribution is -2.11. The van der Waals surface area contributed by atoms with E-state index in [4.69, 9.17) is 10.8 Å². The van der Waals surface area contributed by atoms with Gasteiger partial charge in [-0.1, -0.05) is 17.8 Å². The maximum absolute atomic E-state index is 13.4. The van der Waals surface area contributed by atoms with E-state index >= 15 is 0 Å². The van der Waals surface area contributed by atoms with Gasteiger partial charge in [-0.15, -0.1) is 0 Å². The zero-order valence-electron chi connectivity index (χ0n) is 12.1. The van der Waals surface area contributed by atoms with Crippen molar-refractivity contribution in [1.82, 2.24) is 4.90 Å². The summed E-state index contributed by atoms with van der Waals surface area (Å²) < 4.78 is 13.4. The number of nitrogen functional groups attached to an aromatic ring is 1. The van der Waals surface area contributed by atoms with Crippen LogP contribution < -0.4 is 5.73 Å². The van der Waals surface area contributed by atoms with Crippen LogP contribution in [0.25, 0.3) is 0 Å². The number of hydrogen-bond donors (Lipinski definition) is 2. The maximum atomic E-state index is 13.4. The van der Waals surface area contributed by atoms with Crippen molar-refractivity contribution < 1.29 is 9.50 Å². The fraction of sp³-hybridized carbons (Fsp3) is 0.250. The van der Waals surface area contributed by atoms with Crippen LogP contribution in [0.5, 0.6) is 0 Å². The van der Waals surface area contributed by atoms with Gasteiger partial charge < -0.3 is 15.7 Å². The Kier molecular flexibility index (Phi) is 5.22. The zero-order chi connectivity index (χ0) is 15.4. The predicted octanol–water partition coefficient (Wildman–Crippen LogP) is 3.11. The molecule has 0 atom stereocenters. The lowest BCUT2D eigenvalue weighted by molar-refractivity contribution is 0.282. The van der Waals surface area contributed by atoms with E-state index < -0.39 is 0 Å². The van der Waals surface area contributed by atoms with E-state index in [1.165, 1.54) is 17.8 Å². The SMILES string of the molecule is CN(C)Cc1cc(F)ccc1Sc1ccc(CO)cc1N. The van der Waals surface area contributed by atoms with Gasteiger partial charge in [0, 0.05) is 22.0 Å². The van der Waals surface area contributed by atoms with Gasteiger partial charge in [-0.05, 0) is 55.6 Å². The summed E-state index contributed by atoms with van der Waals surface area (Å²) >= 11 is 1.51. The lowest BCUT2D eigenvalue weighted by atomic mass is 10.2. The number of hydrogen-bond acceptors (Lipinski definition) is 4. The molecule has 2 rings (SSSR count). The third-order valence-electron chi connectivity index (χ3n) is 2.99. The first kappa shape index (κ1) is 15.8. The number of anilines is 1. The highest BCUT2D eigenvalue weighted by molar-refractivity contribution is 7.99. The van der Waals surface area contributed by atoms with Crippen molar-refractivity contribution in [3.05, 3.63) is 53.3 Å². The van der Waals surface area contributed by atoms with Crippen molar-refractivity contribution >= 4 is 17.4 Å². The Labute approximate surface area is 128 Å². The summed E-state index contributed by atoms with van der Waals surface area (Å²) in [6, 6.07) is 10.3. The van der Waals surface area contributed by atoms with Crippen LogP contribution in [0.4, 0.5) is 10.1 Å². The van der Waals surface area contributed by atoms with Gasteiger partial charge in [0.05, 0.1) is 6.61 Å². The molecule has 21 heavy (non-hydrogen) atoms. The average molecular weight is 306 g/mol. The predicted molar refractivity (Wildman–Crippen MR) is 84.7 cm³/mol. The minimum Gasteiger partial charge on any atom is -0.398 e. The monoisotopic (exact) mass is 306 g/mol. The lowest BCUT2D eigenvalue weighted by Gasteiger charge is -2.15. The minimum absolute atomic E-state index is 0.0302. The van der Waals surface area contributed by atoms with E-state index in [0.717, 1.165) is 20.9 Å². The average Bonchev–Trinajstić information content (AvgIpc) is 2.43. The van der Waals surface area contributed by atoms with E-state index in [1.807, 2.05) is 31.1 Å². The highest BCUT2D eigenvalue weighted by atomic mass is 32.2. The Bertz CT molecular complexity index is 632. The van der Waals surface area contributed by atoms with E-state index in [9.17, 15) is 4.39 Å². The molecule has 0 amide bonds. The van der Waals surface area contributed by atoms with Crippen molar-refractivity contribution in [3.8, 4) is 0 Å². The molecule has 0 bridgehead atoms. The van der Waals surface area contributed by atoms with Gasteiger partial charge in [-0.3, -0.25) is 0 Å². The fourth-order valence-corrected chi connectivity index (χ4v) is 2.96. The van der Waals surface area contributed by atoms with Crippen LogP contribution >= 0.6 is 11.8 Å². The third kappa shape index (κ3) is 4.20. The van der Waals surface area contributed by atoms with Gasteiger partial charge in [-0.2, -0.15) is 0 Å².